The van der Waals surface area contributed by atoms with Crippen LogP contribution < -0.4 is 0 Å². The minimum absolute atomic E-state index is 0.0911. The summed E-state index contributed by atoms with van der Waals surface area (Å²) >= 11 is 0. The highest BCUT2D eigenvalue weighted by Crippen LogP contribution is 2.25. The summed E-state index contributed by atoms with van der Waals surface area (Å²) in [7, 11) is 0. The molecule has 1 fully saturated rings. The van der Waals surface area contributed by atoms with E-state index in [0.717, 1.165) is 38.2 Å². The van der Waals surface area contributed by atoms with E-state index in [1.54, 1.807) is 12.1 Å². The largest absolute Gasteiger partial charge is 0.504 e. The number of aliphatic carboxylic acids is 1. The second-order valence-electron chi connectivity index (χ2n) is 5.12. The fraction of sp³-hybridized carbons (Fsp3) is 0.500. The molecule has 0 spiro atoms. The number of phenolic OH excluding ortho intramolecular Hbond substituents is 2. The van der Waals surface area contributed by atoms with Gasteiger partial charge in [-0.3, -0.25) is 14.6 Å². The first-order valence-corrected chi connectivity index (χ1v) is 6.72. The number of hydrogen-bond acceptors (Lipinski definition) is 5. The fourth-order valence-electron chi connectivity index (χ4n) is 2.46. The Balaban J connectivity index is 1.90. The molecule has 0 unspecified atom stereocenters. The van der Waals surface area contributed by atoms with Crippen LogP contribution in [0.1, 0.15) is 12.0 Å². The number of hydrogen-bond donors (Lipinski definition) is 3. The van der Waals surface area contributed by atoms with Crippen LogP contribution in [0.2, 0.25) is 0 Å². The molecule has 0 amide bonds. The number of aromatic hydroxyl groups is 2. The zero-order valence-electron chi connectivity index (χ0n) is 11.3. The minimum atomic E-state index is -0.790. The Morgan fingerprint density at radius 1 is 1.05 bits per heavy atom. The second-order valence-corrected chi connectivity index (χ2v) is 5.12. The lowest BCUT2D eigenvalue weighted by Crippen LogP contribution is -2.34. The standard InChI is InChI=1S/C14H20N2O4/c17-12-3-2-11(8-13(12)18)9-15-4-1-5-16(7-6-15)10-14(19)20/h2-3,8,17-18H,1,4-7,9-10H2,(H,19,20). The maximum Gasteiger partial charge on any atom is 0.317 e. The molecule has 0 aliphatic carbocycles. The lowest BCUT2D eigenvalue weighted by atomic mass is 10.2. The summed E-state index contributed by atoms with van der Waals surface area (Å²) in [6, 6.07) is 4.84. The summed E-state index contributed by atoms with van der Waals surface area (Å²) in [5.74, 6) is -1.01. The van der Waals surface area contributed by atoms with Crippen LogP contribution in [0.4, 0.5) is 0 Å². The van der Waals surface area contributed by atoms with Crippen LogP contribution in [0.25, 0.3) is 0 Å². The molecule has 6 heteroatoms. The SMILES string of the molecule is O=C(O)CN1CCCN(Cc2ccc(O)c(O)c2)CC1. The molecule has 0 radical (unpaired) electrons. The number of rotatable bonds is 4. The van der Waals surface area contributed by atoms with Gasteiger partial charge in [0.05, 0.1) is 6.54 Å². The predicted octanol–water partition coefficient (Wildman–Crippen LogP) is 0.690. The first kappa shape index (κ1) is 14.6. The molecular weight excluding hydrogens is 260 g/mol. The van der Waals surface area contributed by atoms with Crippen molar-refractivity contribution in [1.29, 1.82) is 0 Å². The van der Waals surface area contributed by atoms with E-state index in [-0.39, 0.29) is 18.0 Å². The van der Waals surface area contributed by atoms with Gasteiger partial charge in [0.15, 0.2) is 11.5 Å². The molecule has 110 valence electrons. The van der Waals surface area contributed by atoms with Crippen LogP contribution in [-0.4, -0.2) is 63.8 Å². The van der Waals surface area contributed by atoms with Gasteiger partial charge in [0.25, 0.3) is 0 Å². The van der Waals surface area contributed by atoms with Gasteiger partial charge in [-0.15, -0.1) is 0 Å². The Kier molecular flexibility index (Phi) is 4.81. The molecule has 1 saturated heterocycles. The highest BCUT2D eigenvalue weighted by atomic mass is 16.4. The quantitative estimate of drug-likeness (QED) is 0.704. The first-order valence-electron chi connectivity index (χ1n) is 6.72. The van der Waals surface area contributed by atoms with E-state index in [2.05, 4.69) is 4.90 Å². The molecule has 6 nitrogen and oxygen atoms in total. The van der Waals surface area contributed by atoms with Crippen LogP contribution in [0.15, 0.2) is 18.2 Å². The Labute approximate surface area is 117 Å². The summed E-state index contributed by atoms with van der Waals surface area (Å²) in [5.41, 5.74) is 0.937. The number of carboxylic acid groups (broad SMARTS) is 1. The van der Waals surface area contributed by atoms with Crippen molar-refractivity contribution < 1.29 is 20.1 Å². The summed E-state index contributed by atoms with van der Waals surface area (Å²) in [6.45, 7) is 4.01. The molecule has 1 heterocycles. The molecule has 2 rings (SSSR count). The lowest BCUT2D eigenvalue weighted by molar-refractivity contribution is -0.138. The molecule has 1 aliphatic rings. The smallest absolute Gasteiger partial charge is 0.317 e. The summed E-state index contributed by atoms with van der Waals surface area (Å²) < 4.78 is 0. The third-order valence-corrected chi connectivity index (χ3v) is 3.49. The van der Waals surface area contributed by atoms with E-state index in [1.165, 1.54) is 6.07 Å². The molecule has 20 heavy (non-hydrogen) atoms. The number of carboxylic acids is 1. The third kappa shape index (κ3) is 4.11. The van der Waals surface area contributed by atoms with Crippen molar-refractivity contribution in [2.45, 2.75) is 13.0 Å². The second kappa shape index (κ2) is 6.58. The van der Waals surface area contributed by atoms with Gasteiger partial charge in [-0.2, -0.15) is 0 Å². The van der Waals surface area contributed by atoms with E-state index in [0.29, 0.717) is 6.54 Å². The Hall–Kier alpha value is -1.79. The van der Waals surface area contributed by atoms with E-state index in [4.69, 9.17) is 5.11 Å². The molecule has 0 bridgehead atoms. The number of nitrogens with zero attached hydrogens (tertiary/aromatic N) is 2. The molecular formula is C14H20N2O4. The molecule has 0 saturated carbocycles. The van der Waals surface area contributed by atoms with Gasteiger partial charge >= 0.3 is 5.97 Å². The monoisotopic (exact) mass is 280 g/mol. The highest BCUT2D eigenvalue weighted by molar-refractivity contribution is 5.69. The Morgan fingerprint density at radius 2 is 1.75 bits per heavy atom. The number of benzene rings is 1. The average molecular weight is 280 g/mol. The van der Waals surface area contributed by atoms with Gasteiger partial charge in [-0.25, -0.2) is 0 Å². The summed E-state index contributed by atoms with van der Waals surface area (Å²) in [4.78, 5) is 14.9. The maximum atomic E-state index is 10.7. The molecule has 0 atom stereocenters. The maximum absolute atomic E-state index is 10.7. The molecule has 3 N–H and O–H groups in total. The highest BCUT2D eigenvalue weighted by Gasteiger charge is 2.17. The minimum Gasteiger partial charge on any atom is -0.504 e. The number of phenols is 2. The Morgan fingerprint density at radius 3 is 2.45 bits per heavy atom. The average Bonchev–Trinajstić information content (AvgIpc) is 2.59. The van der Waals surface area contributed by atoms with Gasteiger partial charge in [0, 0.05) is 26.2 Å². The van der Waals surface area contributed by atoms with E-state index in [1.807, 2.05) is 4.90 Å². The summed E-state index contributed by atoms with van der Waals surface area (Å²) in [6.07, 6.45) is 0.928. The van der Waals surface area contributed by atoms with Crippen molar-refractivity contribution in [3.8, 4) is 11.5 Å². The third-order valence-electron chi connectivity index (χ3n) is 3.49. The fourth-order valence-corrected chi connectivity index (χ4v) is 2.46. The van der Waals surface area contributed by atoms with Crippen LogP contribution in [0, 0.1) is 0 Å². The molecule has 0 aromatic heterocycles. The van der Waals surface area contributed by atoms with E-state index < -0.39 is 5.97 Å². The van der Waals surface area contributed by atoms with Crippen molar-refractivity contribution in [2.24, 2.45) is 0 Å². The molecule has 1 aromatic carbocycles. The van der Waals surface area contributed by atoms with Crippen molar-refractivity contribution >= 4 is 5.97 Å². The lowest BCUT2D eigenvalue weighted by Gasteiger charge is -2.21. The van der Waals surface area contributed by atoms with Crippen LogP contribution in [0.3, 0.4) is 0 Å². The van der Waals surface area contributed by atoms with Crippen LogP contribution in [-0.2, 0) is 11.3 Å². The Bertz CT molecular complexity index is 478. The van der Waals surface area contributed by atoms with Crippen molar-refractivity contribution in [1.82, 2.24) is 9.80 Å². The van der Waals surface area contributed by atoms with E-state index >= 15 is 0 Å². The predicted molar refractivity (Wildman–Crippen MR) is 73.7 cm³/mol. The normalized spacial score (nSPS) is 17.8. The number of carbonyl (C=O) groups is 1. The summed E-state index contributed by atoms with van der Waals surface area (Å²) in [5, 5.41) is 27.6. The van der Waals surface area contributed by atoms with Crippen molar-refractivity contribution in [3.05, 3.63) is 23.8 Å². The van der Waals surface area contributed by atoms with Crippen molar-refractivity contribution in [3.63, 3.8) is 0 Å². The topological polar surface area (TPSA) is 84.2 Å². The van der Waals surface area contributed by atoms with Crippen LogP contribution in [0.5, 0.6) is 11.5 Å². The van der Waals surface area contributed by atoms with E-state index in [9.17, 15) is 15.0 Å². The zero-order valence-corrected chi connectivity index (χ0v) is 11.3. The molecule has 1 aromatic rings. The zero-order chi connectivity index (χ0) is 14.5. The first-order chi connectivity index (χ1) is 9.54. The van der Waals surface area contributed by atoms with Crippen LogP contribution >= 0.6 is 0 Å². The molecule has 1 aliphatic heterocycles. The van der Waals surface area contributed by atoms with Gasteiger partial charge in [-0.1, -0.05) is 6.07 Å². The van der Waals surface area contributed by atoms with Gasteiger partial charge in [0.1, 0.15) is 0 Å². The van der Waals surface area contributed by atoms with Gasteiger partial charge in [0.2, 0.25) is 0 Å². The van der Waals surface area contributed by atoms with Gasteiger partial charge in [-0.05, 0) is 30.7 Å². The van der Waals surface area contributed by atoms with Crippen molar-refractivity contribution in [2.75, 3.05) is 32.7 Å². The van der Waals surface area contributed by atoms with Gasteiger partial charge < -0.3 is 15.3 Å².